The summed E-state index contributed by atoms with van der Waals surface area (Å²) in [6, 6.07) is 19.3. The fourth-order valence-corrected chi connectivity index (χ4v) is 5.31. The van der Waals surface area contributed by atoms with Crippen LogP contribution in [0.25, 0.3) is 6.08 Å². The number of halogens is 2. The molecule has 3 aromatic carbocycles. The second-order valence-corrected chi connectivity index (χ2v) is 9.87. The number of anilines is 1. The lowest BCUT2D eigenvalue weighted by Crippen LogP contribution is -2.27. The van der Waals surface area contributed by atoms with Gasteiger partial charge >= 0.3 is 0 Å². The van der Waals surface area contributed by atoms with Gasteiger partial charge in [-0.15, -0.1) is 0 Å². The fourth-order valence-electron chi connectivity index (χ4n) is 3.23. The first-order valence-electron chi connectivity index (χ1n) is 10.1. The molecule has 1 saturated heterocycles. The van der Waals surface area contributed by atoms with Crippen LogP contribution in [0, 0.1) is 9.39 Å². The maximum atomic E-state index is 13.2. The average molecular weight is 591 g/mol. The van der Waals surface area contributed by atoms with E-state index in [-0.39, 0.29) is 18.3 Å². The first-order chi connectivity index (χ1) is 16.0. The summed E-state index contributed by atoms with van der Waals surface area (Å²) in [5.41, 5.74) is 2.41. The Bertz CT molecular complexity index is 1220. The van der Waals surface area contributed by atoms with Gasteiger partial charge < -0.3 is 9.47 Å². The molecule has 1 fully saturated rings. The van der Waals surface area contributed by atoms with Crippen LogP contribution in [0.4, 0.5) is 10.1 Å². The van der Waals surface area contributed by atoms with Gasteiger partial charge in [0.15, 0.2) is 15.8 Å². The Morgan fingerprint density at radius 1 is 1.09 bits per heavy atom. The molecule has 0 spiro atoms. The zero-order chi connectivity index (χ0) is 23.4. The molecule has 0 radical (unpaired) electrons. The van der Waals surface area contributed by atoms with Crippen molar-refractivity contribution in [2.45, 2.75) is 13.5 Å². The normalized spacial score (nSPS) is 14.8. The molecule has 0 aromatic heterocycles. The Morgan fingerprint density at radius 3 is 2.52 bits per heavy atom. The predicted octanol–water partition coefficient (Wildman–Crippen LogP) is 6.81. The Kier molecular flexibility index (Phi) is 7.67. The molecular weight excluding hydrogens is 572 g/mol. The number of hydrogen-bond donors (Lipinski definition) is 0. The van der Waals surface area contributed by atoms with E-state index in [0.29, 0.717) is 27.3 Å². The number of benzene rings is 3. The van der Waals surface area contributed by atoms with Crippen LogP contribution in [0.5, 0.6) is 11.5 Å². The van der Waals surface area contributed by atoms with Gasteiger partial charge in [-0.3, -0.25) is 9.69 Å². The summed E-state index contributed by atoms with van der Waals surface area (Å²) < 4.78 is 26.3. The molecule has 0 unspecified atom stereocenters. The molecule has 168 valence electrons. The Hall–Kier alpha value is -2.43. The van der Waals surface area contributed by atoms with Crippen LogP contribution >= 0.6 is 46.6 Å². The number of rotatable bonds is 7. The van der Waals surface area contributed by atoms with Crippen LogP contribution in [0.2, 0.25) is 0 Å². The lowest BCUT2D eigenvalue weighted by Gasteiger charge is -2.15. The summed E-state index contributed by atoms with van der Waals surface area (Å²) in [5.74, 6) is 0.748. The molecule has 3 aromatic rings. The maximum absolute atomic E-state index is 13.2. The van der Waals surface area contributed by atoms with Crippen LogP contribution in [-0.4, -0.2) is 16.8 Å². The number of ether oxygens (including phenoxy) is 2. The SMILES string of the molecule is CCOc1cc(/C=C2/SC(=S)N(c3ccccc3)C2=O)cc(I)c1OCc1ccc(F)cc1. The minimum absolute atomic E-state index is 0.152. The van der Waals surface area contributed by atoms with Crippen LogP contribution in [0.1, 0.15) is 18.1 Å². The average Bonchev–Trinajstić information content (AvgIpc) is 3.08. The largest absolute Gasteiger partial charge is 0.490 e. The van der Waals surface area contributed by atoms with E-state index >= 15 is 0 Å². The van der Waals surface area contributed by atoms with Gasteiger partial charge in [0.1, 0.15) is 12.4 Å². The predicted molar refractivity (Wildman–Crippen MR) is 143 cm³/mol. The van der Waals surface area contributed by atoms with Gasteiger partial charge in [0.25, 0.3) is 5.91 Å². The lowest BCUT2D eigenvalue weighted by atomic mass is 10.1. The van der Waals surface area contributed by atoms with Crippen molar-refractivity contribution in [1.29, 1.82) is 0 Å². The van der Waals surface area contributed by atoms with Gasteiger partial charge in [-0.1, -0.05) is 54.3 Å². The fraction of sp³-hybridized carbons (Fsp3) is 0.120. The molecule has 4 nitrogen and oxygen atoms in total. The van der Waals surface area contributed by atoms with Gasteiger partial charge in [0, 0.05) is 0 Å². The standard InChI is InChI=1S/C25H19FINO3S2/c1-2-30-21-13-17(12-20(27)23(21)31-15-16-8-10-18(26)11-9-16)14-22-24(29)28(25(32)33-22)19-6-4-3-5-7-19/h3-14H,2,15H2,1H3/b22-14+. The van der Waals surface area contributed by atoms with E-state index in [0.717, 1.165) is 20.4 Å². The molecule has 1 amide bonds. The highest BCUT2D eigenvalue weighted by Gasteiger charge is 2.33. The third-order valence-corrected chi connectivity index (χ3v) is 6.84. The van der Waals surface area contributed by atoms with Gasteiger partial charge in [-0.05, 0) is 83.1 Å². The number of nitrogens with zero attached hydrogens (tertiary/aromatic N) is 1. The smallest absolute Gasteiger partial charge is 0.270 e. The Balaban J connectivity index is 1.59. The number of thiocarbonyl (C=S) groups is 1. The molecule has 0 saturated carbocycles. The molecule has 0 aliphatic carbocycles. The zero-order valence-electron chi connectivity index (χ0n) is 17.6. The molecule has 0 atom stereocenters. The molecule has 0 bridgehead atoms. The van der Waals surface area contributed by atoms with Gasteiger partial charge in [-0.2, -0.15) is 0 Å². The highest BCUT2D eigenvalue weighted by molar-refractivity contribution is 14.1. The first-order valence-corrected chi connectivity index (χ1v) is 12.4. The molecule has 4 rings (SSSR count). The number of carbonyl (C=O) groups excluding carboxylic acids is 1. The van der Waals surface area contributed by atoms with Crippen LogP contribution in [0.3, 0.4) is 0 Å². The highest BCUT2D eigenvalue weighted by Crippen LogP contribution is 2.39. The van der Waals surface area contributed by atoms with Crippen molar-refractivity contribution in [3.63, 3.8) is 0 Å². The number of amides is 1. The monoisotopic (exact) mass is 591 g/mol. The number of thioether (sulfide) groups is 1. The third kappa shape index (κ3) is 5.56. The summed E-state index contributed by atoms with van der Waals surface area (Å²) in [6.45, 7) is 2.64. The topological polar surface area (TPSA) is 38.8 Å². The first kappa shape index (κ1) is 23.7. The minimum Gasteiger partial charge on any atom is -0.490 e. The maximum Gasteiger partial charge on any atom is 0.270 e. The van der Waals surface area contributed by atoms with E-state index < -0.39 is 0 Å². The van der Waals surface area contributed by atoms with E-state index in [9.17, 15) is 9.18 Å². The number of hydrogen-bond acceptors (Lipinski definition) is 5. The minimum atomic E-state index is -0.287. The van der Waals surface area contributed by atoms with Gasteiger partial charge in [0.05, 0.1) is 20.8 Å². The van der Waals surface area contributed by atoms with Crippen molar-refractivity contribution in [2.75, 3.05) is 11.5 Å². The summed E-state index contributed by atoms with van der Waals surface area (Å²) in [6.07, 6.45) is 1.82. The summed E-state index contributed by atoms with van der Waals surface area (Å²) in [5, 5.41) is 0. The van der Waals surface area contributed by atoms with E-state index in [4.69, 9.17) is 21.7 Å². The van der Waals surface area contributed by atoms with Crippen molar-refractivity contribution >= 4 is 68.6 Å². The van der Waals surface area contributed by atoms with E-state index in [1.54, 1.807) is 17.0 Å². The molecular formula is C25H19FINO3S2. The van der Waals surface area contributed by atoms with Crippen LogP contribution in [-0.2, 0) is 11.4 Å². The van der Waals surface area contributed by atoms with Crippen molar-refractivity contribution in [2.24, 2.45) is 0 Å². The number of carbonyl (C=O) groups is 1. The quantitative estimate of drug-likeness (QED) is 0.172. The van der Waals surface area contributed by atoms with Gasteiger partial charge in [0.2, 0.25) is 0 Å². The lowest BCUT2D eigenvalue weighted by molar-refractivity contribution is -0.113. The molecule has 33 heavy (non-hydrogen) atoms. The third-order valence-electron chi connectivity index (χ3n) is 4.73. The molecule has 1 aliphatic rings. The molecule has 8 heteroatoms. The molecule has 1 heterocycles. The number of para-hydroxylation sites is 1. The second-order valence-electron chi connectivity index (χ2n) is 7.03. The van der Waals surface area contributed by atoms with Crippen molar-refractivity contribution < 1.29 is 18.7 Å². The van der Waals surface area contributed by atoms with Crippen molar-refractivity contribution in [1.82, 2.24) is 0 Å². The Morgan fingerprint density at radius 2 is 1.82 bits per heavy atom. The van der Waals surface area contributed by atoms with E-state index in [2.05, 4.69) is 22.6 Å². The Labute approximate surface area is 214 Å². The van der Waals surface area contributed by atoms with Gasteiger partial charge in [-0.25, -0.2) is 4.39 Å². The zero-order valence-corrected chi connectivity index (χ0v) is 21.4. The van der Waals surface area contributed by atoms with Crippen molar-refractivity contribution in [3.8, 4) is 11.5 Å². The van der Waals surface area contributed by atoms with E-state index in [1.165, 1.54) is 23.9 Å². The summed E-state index contributed by atoms with van der Waals surface area (Å²) in [4.78, 5) is 15.1. The second kappa shape index (κ2) is 10.7. The van der Waals surface area contributed by atoms with Crippen LogP contribution < -0.4 is 14.4 Å². The summed E-state index contributed by atoms with van der Waals surface area (Å²) in [7, 11) is 0. The van der Waals surface area contributed by atoms with E-state index in [1.807, 2.05) is 55.5 Å². The highest BCUT2D eigenvalue weighted by atomic mass is 127. The van der Waals surface area contributed by atoms with Crippen molar-refractivity contribution in [3.05, 3.63) is 92.1 Å². The molecule has 1 aliphatic heterocycles. The van der Waals surface area contributed by atoms with Crippen LogP contribution in [0.15, 0.2) is 71.6 Å². The summed E-state index contributed by atoms with van der Waals surface area (Å²) >= 11 is 8.91. The molecule has 0 N–H and O–H groups in total.